The molecule has 0 aliphatic heterocycles. The Morgan fingerprint density at radius 1 is 1.37 bits per heavy atom. The third-order valence-electron chi connectivity index (χ3n) is 4.33. The summed E-state index contributed by atoms with van der Waals surface area (Å²) in [6.07, 6.45) is 3.37. The number of carbonyl (C=O) groups is 1. The van der Waals surface area contributed by atoms with Crippen LogP contribution in [0.5, 0.6) is 0 Å². The number of hydrogen-bond donors (Lipinski definition) is 1. The van der Waals surface area contributed by atoms with Gasteiger partial charge in [0.15, 0.2) is 0 Å². The summed E-state index contributed by atoms with van der Waals surface area (Å²) in [6, 6.07) is 7.73. The van der Waals surface area contributed by atoms with E-state index in [0.717, 1.165) is 27.1 Å². The molecule has 2 aromatic heterocycles. The lowest BCUT2D eigenvalue weighted by molar-refractivity contribution is -0.119. The maximum Gasteiger partial charge on any atom is 0.229 e. The number of aryl methyl sites for hydroxylation is 1. The second-order valence-corrected chi connectivity index (χ2v) is 7.84. The number of carbonyl (C=O) groups excluding carboxylic acids is 1. The van der Waals surface area contributed by atoms with Gasteiger partial charge >= 0.3 is 0 Å². The number of rotatable bonds is 6. The summed E-state index contributed by atoms with van der Waals surface area (Å²) >= 11 is 9.42. The molecule has 0 aliphatic rings. The van der Waals surface area contributed by atoms with Crippen molar-refractivity contribution in [3.8, 4) is 0 Å². The SMILES string of the molecule is Cc1nn(CC(C)C(=O)Nc2cccc(Cn3cc(Cl)cn3)c2)c(C)c1Br. The number of halogens is 2. The first-order valence-corrected chi connectivity index (χ1v) is 9.78. The quantitative estimate of drug-likeness (QED) is 0.604. The molecule has 3 rings (SSSR count). The Kier molecular flexibility index (Phi) is 6.01. The molecule has 142 valence electrons. The second-order valence-electron chi connectivity index (χ2n) is 6.61. The van der Waals surface area contributed by atoms with Gasteiger partial charge in [0.25, 0.3) is 0 Å². The van der Waals surface area contributed by atoms with Crippen LogP contribution in [0.2, 0.25) is 5.02 Å². The van der Waals surface area contributed by atoms with Gasteiger partial charge in [0.05, 0.1) is 40.4 Å². The lowest BCUT2D eigenvalue weighted by Gasteiger charge is -2.14. The van der Waals surface area contributed by atoms with Gasteiger partial charge in [0.2, 0.25) is 5.91 Å². The number of aromatic nitrogens is 4. The smallest absolute Gasteiger partial charge is 0.229 e. The van der Waals surface area contributed by atoms with E-state index >= 15 is 0 Å². The van der Waals surface area contributed by atoms with Crippen LogP contribution in [0.3, 0.4) is 0 Å². The second kappa shape index (κ2) is 8.27. The van der Waals surface area contributed by atoms with Crippen molar-refractivity contribution >= 4 is 39.1 Å². The Balaban J connectivity index is 1.64. The summed E-state index contributed by atoms with van der Waals surface area (Å²) < 4.78 is 4.61. The number of nitrogens with one attached hydrogen (secondary N) is 1. The average molecular weight is 451 g/mol. The van der Waals surface area contributed by atoms with Gasteiger partial charge in [-0.05, 0) is 47.5 Å². The molecule has 1 atom stereocenters. The van der Waals surface area contributed by atoms with E-state index in [4.69, 9.17) is 11.6 Å². The van der Waals surface area contributed by atoms with Crippen molar-refractivity contribution in [2.24, 2.45) is 5.92 Å². The van der Waals surface area contributed by atoms with Crippen LogP contribution in [-0.2, 0) is 17.9 Å². The Labute approximate surface area is 171 Å². The molecule has 1 amide bonds. The summed E-state index contributed by atoms with van der Waals surface area (Å²) in [5, 5.41) is 12.2. The standard InChI is InChI=1S/C19H21BrClN5O/c1-12(9-26-14(3)18(20)13(2)24-26)19(27)23-17-6-4-5-15(7-17)10-25-11-16(21)8-22-25/h4-8,11-12H,9-10H2,1-3H3,(H,23,27). The highest BCUT2D eigenvalue weighted by molar-refractivity contribution is 9.10. The molecule has 0 spiro atoms. The van der Waals surface area contributed by atoms with E-state index < -0.39 is 0 Å². The Hall–Kier alpha value is -2.12. The number of nitrogens with zero attached hydrogens (tertiary/aromatic N) is 4. The van der Waals surface area contributed by atoms with Gasteiger partial charge < -0.3 is 5.32 Å². The van der Waals surface area contributed by atoms with Crippen molar-refractivity contribution in [2.75, 3.05) is 5.32 Å². The number of amides is 1. The van der Waals surface area contributed by atoms with Crippen molar-refractivity contribution in [2.45, 2.75) is 33.9 Å². The first kappa shape index (κ1) is 19.6. The number of benzene rings is 1. The molecule has 1 aromatic carbocycles. The molecule has 2 heterocycles. The van der Waals surface area contributed by atoms with Gasteiger partial charge in [-0.3, -0.25) is 14.2 Å². The topological polar surface area (TPSA) is 64.7 Å². The zero-order valence-electron chi connectivity index (χ0n) is 15.4. The number of hydrogen-bond acceptors (Lipinski definition) is 3. The van der Waals surface area contributed by atoms with Crippen LogP contribution >= 0.6 is 27.5 Å². The first-order chi connectivity index (χ1) is 12.8. The van der Waals surface area contributed by atoms with Crippen LogP contribution in [0, 0.1) is 19.8 Å². The van der Waals surface area contributed by atoms with Crippen LogP contribution in [0.15, 0.2) is 41.1 Å². The van der Waals surface area contributed by atoms with Crippen molar-refractivity contribution in [1.29, 1.82) is 0 Å². The summed E-state index contributed by atoms with van der Waals surface area (Å²) in [4.78, 5) is 12.6. The van der Waals surface area contributed by atoms with Gasteiger partial charge in [-0.25, -0.2) is 0 Å². The minimum Gasteiger partial charge on any atom is -0.326 e. The zero-order valence-corrected chi connectivity index (χ0v) is 17.8. The van der Waals surface area contributed by atoms with Gasteiger partial charge in [-0.15, -0.1) is 0 Å². The van der Waals surface area contributed by atoms with Crippen molar-refractivity contribution in [3.05, 3.63) is 63.1 Å². The molecular formula is C19H21BrClN5O. The maximum atomic E-state index is 12.6. The Morgan fingerprint density at radius 2 is 2.15 bits per heavy atom. The molecule has 0 aliphatic carbocycles. The fraction of sp³-hybridized carbons (Fsp3) is 0.316. The normalized spacial score (nSPS) is 12.2. The van der Waals surface area contributed by atoms with Gasteiger partial charge in [-0.2, -0.15) is 10.2 Å². The van der Waals surface area contributed by atoms with E-state index in [0.29, 0.717) is 18.1 Å². The van der Waals surface area contributed by atoms with Crippen LogP contribution in [0.25, 0.3) is 0 Å². The highest BCUT2D eigenvalue weighted by Crippen LogP contribution is 2.21. The molecule has 27 heavy (non-hydrogen) atoms. The summed E-state index contributed by atoms with van der Waals surface area (Å²) in [6.45, 7) is 6.94. The lowest BCUT2D eigenvalue weighted by Crippen LogP contribution is -2.25. The van der Waals surface area contributed by atoms with Crippen molar-refractivity contribution in [3.63, 3.8) is 0 Å². The molecule has 0 bridgehead atoms. The Bertz CT molecular complexity index is 965. The minimum atomic E-state index is -0.219. The van der Waals surface area contributed by atoms with E-state index in [-0.39, 0.29) is 11.8 Å². The van der Waals surface area contributed by atoms with E-state index in [9.17, 15) is 4.79 Å². The highest BCUT2D eigenvalue weighted by Gasteiger charge is 2.17. The molecule has 3 aromatic rings. The first-order valence-electron chi connectivity index (χ1n) is 8.60. The average Bonchev–Trinajstić information content (AvgIpc) is 3.13. The van der Waals surface area contributed by atoms with E-state index in [1.165, 1.54) is 0 Å². The van der Waals surface area contributed by atoms with Crippen LogP contribution in [0.4, 0.5) is 5.69 Å². The lowest BCUT2D eigenvalue weighted by atomic mass is 10.1. The van der Waals surface area contributed by atoms with E-state index in [2.05, 4.69) is 31.4 Å². The molecule has 6 nitrogen and oxygen atoms in total. The third kappa shape index (κ3) is 4.78. The van der Waals surface area contributed by atoms with E-state index in [1.807, 2.05) is 49.7 Å². The predicted molar refractivity (Wildman–Crippen MR) is 110 cm³/mol. The fourth-order valence-corrected chi connectivity index (χ4v) is 3.26. The Morgan fingerprint density at radius 3 is 2.78 bits per heavy atom. The summed E-state index contributed by atoms with van der Waals surface area (Å²) in [5.74, 6) is -0.263. The monoisotopic (exact) mass is 449 g/mol. The molecular weight excluding hydrogens is 430 g/mol. The summed E-state index contributed by atoms with van der Waals surface area (Å²) in [7, 11) is 0. The van der Waals surface area contributed by atoms with Gasteiger partial charge in [0.1, 0.15) is 0 Å². The van der Waals surface area contributed by atoms with Gasteiger partial charge in [0, 0.05) is 17.6 Å². The third-order valence-corrected chi connectivity index (χ3v) is 5.67. The van der Waals surface area contributed by atoms with Crippen molar-refractivity contribution < 1.29 is 4.79 Å². The molecule has 8 heteroatoms. The predicted octanol–water partition coefficient (Wildman–Crippen LogP) is 4.44. The zero-order chi connectivity index (χ0) is 19.6. The van der Waals surface area contributed by atoms with Crippen LogP contribution in [0.1, 0.15) is 23.9 Å². The molecule has 1 unspecified atom stereocenters. The number of anilines is 1. The minimum absolute atomic E-state index is 0.0436. The largest absolute Gasteiger partial charge is 0.326 e. The molecule has 1 N–H and O–H groups in total. The molecule has 0 fully saturated rings. The summed E-state index contributed by atoms with van der Waals surface area (Å²) in [5.41, 5.74) is 3.73. The van der Waals surface area contributed by atoms with Crippen LogP contribution in [-0.4, -0.2) is 25.5 Å². The van der Waals surface area contributed by atoms with Gasteiger partial charge in [-0.1, -0.05) is 30.7 Å². The fourth-order valence-electron chi connectivity index (χ4n) is 2.82. The van der Waals surface area contributed by atoms with Crippen molar-refractivity contribution in [1.82, 2.24) is 19.6 Å². The molecule has 0 saturated heterocycles. The maximum absolute atomic E-state index is 12.6. The molecule has 0 radical (unpaired) electrons. The van der Waals surface area contributed by atoms with Crippen LogP contribution < -0.4 is 5.32 Å². The highest BCUT2D eigenvalue weighted by atomic mass is 79.9. The van der Waals surface area contributed by atoms with E-state index in [1.54, 1.807) is 17.1 Å². The molecule has 0 saturated carbocycles.